The summed E-state index contributed by atoms with van der Waals surface area (Å²) in [4.78, 5) is 11.4. The lowest BCUT2D eigenvalue weighted by Gasteiger charge is -2.08. The van der Waals surface area contributed by atoms with E-state index in [1.54, 1.807) is 6.07 Å². The van der Waals surface area contributed by atoms with Crippen molar-refractivity contribution in [1.82, 2.24) is 0 Å². The highest BCUT2D eigenvalue weighted by Crippen LogP contribution is 2.24. The van der Waals surface area contributed by atoms with Crippen LogP contribution in [0.3, 0.4) is 0 Å². The average Bonchev–Trinajstić information content (AvgIpc) is 2.85. The van der Waals surface area contributed by atoms with Crippen LogP contribution in [0.1, 0.15) is 16.0 Å². The number of aryl methyl sites for hydroxylation is 1. The fourth-order valence-corrected chi connectivity index (χ4v) is 2.43. The van der Waals surface area contributed by atoms with Crippen molar-refractivity contribution in [2.24, 2.45) is 0 Å². The molecule has 2 aromatic rings. The van der Waals surface area contributed by atoms with E-state index in [1.165, 1.54) is 29.5 Å². The molecule has 5 heteroatoms. The van der Waals surface area contributed by atoms with Crippen molar-refractivity contribution >= 4 is 23.4 Å². The third-order valence-corrected chi connectivity index (χ3v) is 3.60. The molecule has 0 fully saturated rings. The van der Waals surface area contributed by atoms with Crippen LogP contribution in [0.15, 0.2) is 35.7 Å². The number of aliphatic carboxylic acids is 1. The summed E-state index contributed by atoms with van der Waals surface area (Å²) in [6, 6.07) is 6.20. The Bertz CT molecular complexity index is 646. The SMILES string of the molecule is Cc1ccc(F)cc1OCc1sccc1/C=C/C(=O)O. The molecule has 0 aliphatic rings. The summed E-state index contributed by atoms with van der Waals surface area (Å²) in [6.07, 6.45) is 2.61. The first-order chi connectivity index (χ1) is 9.56. The van der Waals surface area contributed by atoms with E-state index in [9.17, 15) is 9.18 Å². The summed E-state index contributed by atoms with van der Waals surface area (Å²) < 4.78 is 18.7. The van der Waals surface area contributed by atoms with E-state index >= 15 is 0 Å². The monoisotopic (exact) mass is 292 g/mol. The molecule has 0 aliphatic heterocycles. The minimum Gasteiger partial charge on any atom is -0.488 e. The Balaban J connectivity index is 2.10. The maximum Gasteiger partial charge on any atom is 0.328 e. The Labute approximate surface area is 119 Å². The summed E-state index contributed by atoms with van der Waals surface area (Å²) in [7, 11) is 0. The summed E-state index contributed by atoms with van der Waals surface area (Å²) in [5.41, 5.74) is 1.65. The van der Waals surface area contributed by atoms with Gasteiger partial charge in [0.15, 0.2) is 0 Å². The molecule has 0 bridgehead atoms. The number of carboxylic acids is 1. The van der Waals surface area contributed by atoms with Crippen LogP contribution >= 0.6 is 11.3 Å². The molecule has 20 heavy (non-hydrogen) atoms. The van der Waals surface area contributed by atoms with Gasteiger partial charge in [-0.05, 0) is 41.6 Å². The highest BCUT2D eigenvalue weighted by molar-refractivity contribution is 7.10. The van der Waals surface area contributed by atoms with E-state index < -0.39 is 5.97 Å². The first kappa shape index (κ1) is 14.3. The zero-order valence-corrected chi connectivity index (χ0v) is 11.6. The molecule has 0 saturated heterocycles. The first-order valence-corrected chi connectivity index (χ1v) is 6.80. The molecule has 2 rings (SSSR count). The number of ether oxygens (including phenoxy) is 1. The van der Waals surface area contributed by atoms with Crippen LogP contribution in [0.2, 0.25) is 0 Å². The third-order valence-electron chi connectivity index (χ3n) is 2.69. The molecular formula is C15H13FO3S. The van der Waals surface area contributed by atoms with E-state index in [1.807, 2.05) is 18.4 Å². The van der Waals surface area contributed by atoms with Gasteiger partial charge < -0.3 is 9.84 Å². The molecular weight excluding hydrogens is 279 g/mol. The van der Waals surface area contributed by atoms with Crippen molar-refractivity contribution < 1.29 is 19.0 Å². The number of halogens is 1. The Morgan fingerprint density at radius 1 is 1.45 bits per heavy atom. The number of rotatable bonds is 5. The topological polar surface area (TPSA) is 46.5 Å². The van der Waals surface area contributed by atoms with Gasteiger partial charge in [0.1, 0.15) is 18.2 Å². The van der Waals surface area contributed by atoms with Gasteiger partial charge in [0, 0.05) is 17.0 Å². The van der Waals surface area contributed by atoms with Gasteiger partial charge in [0.25, 0.3) is 0 Å². The second-order valence-electron chi connectivity index (χ2n) is 4.17. The van der Waals surface area contributed by atoms with Crippen LogP contribution in [0.25, 0.3) is 6.08 Å². The van der Waals surface area contributed by atoms with Crippen LogP contribution in [-0.2, 0) is 11.4 Å². The number of hydrogen-bond acceptors (Lipinski definition) is 3. The van der Waals surface area contributed by atoms with Crippen molar-refractivity contribution in [2.45, 2.75) is 13.5 Å². The van der Waals surface area contributed by atoms with E-state index in [-0.39, 0.29) is 12.4 Å². The number of carbonyl (C=O) groups is 1. The van der Waals surface area contributed by atoms with E-state index in [0.29, 0.717) is 5.75 Å². The molecule has 0 spiro atoms. The Kier molecular flexibility index (Phi) is 4.53. The molecule has 3 nitrogen and oxygen atoms in total. The fourth-order valence-electron chi connectivity index (χ4n) is 1.65. The van der Waals surface area contributed by atoms with Crippen LogP contribution in [0.5, 0.6) is 5.75 Å². The van der Waals surface area contributed by atoms with Crippen molar-refractivity contribution in [3.63, 3.8) is 0 Å². The Hall–Kier alpha value is -2.14. The smallest absolute Gasteiger partial charge is 0.328 e. The lowest BCUT2D eigenvalue weighted by Crippen LogP contribution is -1.97. The van der Waals surface area contributed by atoms with Crippen molar-refractivity contribution in [3.8, 4) is 5.75 Å². The minimum atomic E-state index is -0.996. The molecule has 0 atom stereocenters. The van der Waals surface area contributed by atoms with E-state index in [4.69, 9.17) is 9.84 Å². The number of carboxylic acid groups (broad SMARTS) is 1. The van der Waals surface area contributed by atoms with Crippen LogP contribution in [0.4, 0.5) is 4.39 Å². The fraction of sp³-hybridized carbons (Fsp3) is 0.133. The third kappa shape index (κ3) is 3.68. The molecule has 0 saturated carbocycles. The number of hydrogen-bond donors (Lipinski definition) is 1. The lowest BCUT2D eigenvalue weighted by atomic mass is 10.2. The number of thiophene rings is 1. The lowest BCUT2D eigenvalue weighted by molar-refractivity contribution is -0.131. The van der Waals surface area contributed by atoms with Gasteiger partial charge in [0.05, 0.1) is 0 Å². The molecule has 0 radical (unpaired) electrons. The molecule has 0 aliphatic carbocycles. The summed E-state index contributed by atoms with van der Waals surface area (Å²) in [5, 5.41) is 10.5. The van der Waals surface area contributed by atoms with Gasteiger partial charge in [-0.15, -0.1) is 11.3 Å². The Morgan fingerprint density at radius 3 is 3.00 bits per heavy atom. The van der Waals surface area contributed by atoms with Gasteiger partial charge >= 0.3 is 5.97 Å². The maximum atomic E-state index is 13.1. The quantitative estimate of drug-likeness (QED) is 0.851. The predicted octanol–water partition coefficient (Wildman–Crippen LogP) is 3.87. The molecule has 0 unspecified atom stereocenters. The molecule has 1 aromatic carbocycles. The van der Waals surface area contributed by atoms with Crippen LogP contribution in [-0.4, -0.2) is 11.1 Å². The summed E-state index contributed by atoms with van der Waals surface area (Å²) >= 11 is 1.47. The van der Waals surface area contributed by atoms with Gasteiger partial charge in [-0.1, -0.05) is 6.07 Å². The van der Waals surface area contributed by atoms with Crippen molar-refractivity contribution in [2.75, 3.05) is 0 Å². The summed E-state index contributed by atoms with van der Waals surface area (Å²) in [5.74, 6) is -0.849. The van der Waals surface area contributed by atoms with Crippen molar-refractivity contribution in [1.29, 1.82) is 0 Å². The van der Waals surface area contributed by atoms with Crippen molar-refractivity contribution in [3.05, 3.63) is 57.5 Å². The predicted molar refractivity (Wildman–Crippen MR) is 76.5 cm³/mol. The van der Waals surface area contributed by atoms with Crippen LogP contribution in [0, 0.1) is 12.7 Å². The normalized spacial score (nSPS) is 10.9. The highest BCUT2D eigenvalue weighted by atomic mass is 32.1. The minimum absolute atomic E-state index is 0.279. The first-order valence-electron chi connectivity index (χ1n) is 5.92. The summed E-state index contributed by atoms with van der Waals surface area (Å²) in [6.45, 7) is 2.12. The zero-order chi connectivity index (χ0) is 14.5. The highest BCUT2D eigenvalue weighted by Gasteiger charge is 2.06. The zero-order valence-electron chi connectivity index (χ0n) is 10.8. The largest absolute Gasteiger partial charge is 0.488 e. The van der Waals surface area contributed by atoms with Crippen LogP contribution < -0.4 is 4.74 Å². The van der Waals surface area contributed by atoms with Gasteiger partial charge in [-0.2, -0.15) is 0 Å². The van der Waals surface area contributed by atoms with E-state index in [0.717, 1.165) is 22.1 Å². The van der Waals surface area contributed by atoms with Gasteiger partial charge in [0.2, 0.25) is 0 Å². The second kappa shape index (κ2) is 6.34. The van der Waals surface area contributed by atoms with E-state index in [2.05, 4.69) is 0 Å². The Morgan fingerprint density at radius 2 is 2.25 bits per heavy atom. The number of benzene rings is 1. The maximum absolute atomic E-state index is 13.1. The molecule has 1 N–H and O–H groups in total. The average molecular weight is 292 g/mol. The van der Waals surface area contributed by atoms with Gasteiger partial charge in [-0.25, -0.2) is 9.18 Å². The second-order valence-corrected chi connectivity index (χ2v) is 5.17. The molecule has 1 heterocycles. The molecule has 104 valence electrons. The standard InChI is InChI=1S/C15H13FO3S/c1-10-2-4-12(16)8-13(10)19-9-14-11(6-7-20-14)3-5-15(17)18/h2-8H,9H2,1H3,(H,17,18)/b5-3+. The molecule has 0 amide bonds. The molecule has 1 aromatic heterocycles. The van der Waals surface area contributed by atoms with Gasteiger partial charge in [-0.3, -0.25) is 0 Å².